The minimum atomic E-state index is -1.13. The molecular weight excluding hydrogens is 622 g/mol. The van der Waals surface area contributed by atoms with Crippen molar-refractivity contribution in [2.45, 2.75) is 70.7 Å². The van der Waals surface area contributed by atoms with Gasteiger partial charge in [0, 0.05) is 37.0 Å². The van der Waals surface area contributed by atoms with E-state index in [1.165, 1.54) is 9.80 Å². The molecule has 12 heteroatoms. The van der Waals surface area contributed by atoms with E-state index in [0.29, 0.717) is 17.0 Å². The Bertz CT molecular complexity index is 1630. The summed E-state index contributed by atoms with van der Waals surface area (Å²) >= 11 is 6.34. The first-order chi connectivity index (χ1) is 22.2. The molecule has 47 heavy (non-hydrogen) atoms. The third-order valence-electron chi connectivity index (χ3n) is 7.97. The minimum absolute atomic E-state index is 0.0127. The predicted molar refractivity (Wildman–Crippen MR) is 179 cm³/mol. The van der Waals surface area contributed by atoms with E-state index in [4.69, 9.17) is 22.1 Å². The molecule has 0 aliphatic carbocycles. The Balaban J connectivity index is 1.56. The fourth-order valence-electron chi connectivity index (χ4n) is 5.77. The zero-order chi connectivity index (χ0) is 34.3. The number of alkyl carbamates (subject to hydrolysis) is 1. The highest BCUT2D eigenvalue weighted by Gasteiger charge is 2.43. The first kappa shape index (κ1) is 35.2. The van der Waals surface area contributed by atoms with Crippen LogP contribution >= 0.6 is 11.6 Å². The smallest absolute Gasteiger partial charge is 0.407 e. The van der Waals surface area contributed by atoms with Gasteiger partial charge < -0.3 is 30.9 Å². The highest BCUT2D eigenvalue weighted by molar-refractivity contribution is 6.30. The molecule has 0 aromatic heterocycles. The van der Waals surface area contributed by atoms with Gasteiger partial charge in [-0.3, -0.25) is 19.2 Å². The fraction of sp³-hybridized carbons (Fsp3) is 0.400. The molecular formula is C35H42ClN5O6. The molecule has 0 bridgehead atoms. The standard InChI is InChI=1S/C35H42ClN5O6/c1-22-16-18-40(28(32(37)44)20-24-11-7-10-23-9-5-6-14-27(23)24)33(45)31(25-12-8-13-26(36)19-25)41(22)30(43)21-39-29(42)15-17-38-34(46)47-35(2,3)4/h5-14,19,22,28,31H,15-18,20-21H2,1-4H3,(H2,37,44)(H,38,46)(H,39,42)/t22-,28-,31+/m1/s1. The van der Waals surface area contributed by atoms with Gasteiger partial charge in [0.1, 0.15) is 17.7 Å². The second-order valence-electron chi connectivity index (χ2n) is 12.6. The van der Waals surface area contributed by atoms with E-state index >= 15 is 0 Å². The number of carbonyl (C=O) groups excluding carboxylic acids is 5. The van der Waals surface area contributed by atoms with Gasteiger partial charge in [0.2, 0.25) is 17.7 Å². The number of nitrogens with two attached hydrogens (primary N) is 1. The van der Waals surface area contributed by atoms with Gasteiger partial charge >= 0.3 is 6.09 Å². The first-order valence-corrected chi connectivity index (χ1v) is 16.0. The van der Waals surface area contributed by atoms with Crippen LogP contribution in [0.1, 0.15) is 57.7 Å². The van der Waals surface area contributed by atoms with E-state index in [1.807, 2.05) is 49.4 Å². The van der Waals surface area contributed by atoms with Crippen molar-refractivity contribution in [1.29, 1.82) is 0 Å². The molecule has 1 aliphatic heterocycles. The number of ether oxygens (including phenoxy) is 1. The molecule has 1 saturated heterocycles. The molecule has 1 heterocycles. The van der Waals surface area contributed by atoms with Gasteiger partial charge in [0.05, 0.1) is 6.54 Å². The van der Waals surface area contributed by atoms with Crippen LogP contribution in [0, 0.1) is 0 Å². The maximum atomic E-state index is 14.5. The summed E-state index contributed by atoms with van der Waals surface area (Å²) in [6.07, 6.45) is -0.176. The van der Waals surface area contributed by atoms with Crippen LogP contribution in [0.5, 0.6) is 0 Å². The Kier molecular flexibility index (Phi) is 11.5. The van der Waals surface area contributed by atoms with Crippen LogP contribution in [-0.2, 0) is 30.3 Å². The first-order valence-electron chi connectivity index (χ1n) is 15.6. The van der Waals surface area contributed by atoms with Crippen LogP contribution in [0.15, 0.2) is 66.7 Å². The van der Waals surface area contributed by atoms with Crippen LogP contribution in [-0.4, -0.2) is 76.8 Å². The van der Waals surface area contributed by atoms with Gasteiger partial charge in [-0.1, -0.05) is 66.2 Å². The second kappa shape index (κ2) is 15.3. The van der Waals surface area contributed by atoms with Gasteiger partial charge in [-0.25, -0.2) is 4.79 Å². The molecule has 1 aliphatic rings. The molecule has 11 nitrogen and oxygen atoms in total. The fourth-order valence-corrected chi connectivity index (χ4v) is 5.97. The van der Waals surface area contributed by atoms with E-state index in [2.05, 4.69) is 10.6 Å². The van der Waals surface area contributed by atoms with Crippen molar-refractivity contribution in [2.24, 2.45) is 5.73 Å². The maximum absolute atomic E-state index is 14.5. The van der Waals surface area contributed by atoms with Crippen LogP contribution < -0.4 is 16.4 Å². The number of nitrogens with zero attached hydrogens (tertiary/aromatic N) is 2. The molecule has 3 atom stereocenters. The monoisotopic (exact) mass is 663 g/mol. The molecule has 1 fully saturated rings. The quantitative estimate of drug-likeness (QED) is 0.297. The number of carbonyl (C=O) groups is 5. The number of amides is 5. The van der Waals surface area contributed by atoms with Gasteiger partial charge in [-0.15, -0.1) is 0 Å². The van der Waals surface area contributed by atoms with Crippen molar-refractivity contribution in [3.63, 3.8) is 0 Å². The number of hydrogen-bond donors (Lipinski definition) is 3. The lowest BCUT2D eigenvalue weighted by atomic mass is 9.96. The Morgan fingerprint density at radius 3 is 2.43 bits per heavy atom. The Morgan fingerprint density at radius 2 is 1.72 bits per heavy atom. The highest BCUT2D eigenvalue weighted by atomic mass is 35.5. The SMILES string of the molecule is C[C@@H]1CCN([C@H](Cc2cccc3ccccc23)C(N)=O)C(=O)[C@H](c2cccc(Cl)c2)N1C(=O)CNC(=O)CCNC(=O)OC(C)(C)C. The average molecular weight is 664 g/mol. The van der Waals surface area contributed by atoms with E-state index < -0.39 is 53.4 Å². The number of rotatable bonds is 10. The van der Waals surface area contributed by atoms with E-state index in [9.17, 15) is 24.0 Å². The topological polar surface area (TPSA) is 151 Å². The summed E-state index contributed by atoms with van der Waals surface area (Å²) < 4.78 is 5.17. The molecule has 0 unspecified atom stereocenters. The molecule has 0 spiro atoms. The molecule has 0 radical (unpaired) electrons. The molecule has 250 valence electrons. The highest BCUT2D eigenvalue weighted by Crippen LogP contribution is 2.33. The molecule has 4 N–H and O–H groups in total. The molecule has 5 amide bonds. The Hall–Kier alpha value is -4.64. The third kappa shape index (κ3) is 9.22. The van der Waals surface area contributed by atoms with E-state index in [-0.39, 0.29) is 32.5 Å². The summed E-state index contributed by atoms with van der Waals surface area (Å²) in [6.45, 7) is 6.83. The minimum Gasteiger partial charge on any atom is -0.444 e. The molecule has 3 aromatic rings. The van der Waals surface area contributed by atoms with Crippen LogP contribution in [0.3, 0.4) is 0 Å². The van der Waals surface area contributed by atoms with Crippen molar-refractivity contribution < 1.29 is 28.7 Å². The van der Waals surface area contributed by atoms with Crippen LogP contribution in [0.4, 0.5) is 4.79 Å². The van der Waals surface area contributed by atoms with Crippen molar-refractivity contribution in [3.8, 4) is 0 Å². The largest absolute Gasteiger partial charge is 0.444 e. The van der Waals surface area contributed by atoms with Crippen LogP contribution in [0.25, 0.3) is 10.8 Å². The molecule has 0 saturated carbocycles. The predicted octanol–water partition coefficient (Wildman–Crippen LogP) is 4.11. The Labute approximate surface area is 279 Å². The van der Waals surface area contributed by atoms with E-state index in [1.54, 1.807) is 45.0 Å². The number of primary amides is 1. The molecule has 3 aromatic carbocycles. The van der Waals surface area contributed by atoms with Gasteiger partial charge in [-0.2, -0.15) is 0 Å². The Morgan fingerprint density at radius 1 is 1.02 bits per heavy atom. The second-order valence-corrected chi connectivity index (χ2v) is 13.1. The van der Waals surface area contributed by atoms with Gasteiger partial charge in [0.15, 0.2) is 0 Å². The zero-order valence-electron chi connectivity index (χ0n) is 27.1. The summed E-state index contributed by atoms with van der Waals surface area (Å²) in [4.78, 5) is 68.7. The summed E-state index contributed by atoms with van der Waals surface area (Å²) in [7, 11) is 0. The lowest BCUT2D eigenvalue weighted by Crippen LogP contribution is -2.53. The number of halogens is 1. The maximum Gasteiger partial charge on any atom is 0.407 e. The van der Waals surface area contributed by atoms with Crippen LogP contribution in [0.2, 0.25) is 5.02 Å². The normalized spacial score (nSPS) is 17.5. The lowest BCUT2D eigenvalue weighted by Gasteiger charge is -2.36. The number of nitrogens with one attached hydrogen (secondary N) is 2. The summed E-state index contributed by atoms with van der Waals surface area (Å²) in [5.74, 6) is -2.08. The van der Waals surface area contributed by atoms with Crippen molar-refractivity contribution in [2.75, 3.05) is 19.6 Å². The van der Waals surface area contributed by atoms with Crippen molar-refractivity contribution in [1.82, 2.24) is 20.4 Å². The van der Waals surface area contributed by atoms with Gasteiger partial charge in [-0.05, 0) is 68.1 Å². The lowest BCUT2D eigenvalue weighted by molar-refractivity contribution is -0.148. The van der Waals surface area contributed by atoms with Gasteiger partial charge in [0.25, 0.3) is 5.91 Å². The van der Waals surface area contributed by atoms with E-state index in [0.717, 1.165) is 16.3 Å². The number of benzene rings is 3. The van der Waals surface area contributed by atoms with Crippen molar-refractivity contribution >= 4 is 52.1 Å². The number of hydrogen-bond acceptors (Lipinski definition) is 6. The van der Waals surface area contributed by atoms with Crippen molar-refractivity contribution in [3.05, 3.63) is 82.9 Å². The number of fused-ring (bicyclic) bond motifs is 1. The summed E-state index contributed by atoms with van der Waals surface area (Å²) in [6, 6.07) is 17.7. The average Bonchev–Trinajstić information content (AvgIpc) is 3.13. The molecule has 4 rings (SSSR count). The summed E-state index contributed by atoms with van der Waals surface area (Å²) in [5, 5.41) is 7.44. The third-order valence-corrected chi connectivity index (χ3v) is 8.20. The summed E-state index contributed by atoms with van der Waals surface area (Å²) in [5.41, 5.74) is 6.62. The zero-order valence-corrected chi connectivity index (χ0v) is 27.9.